The standard InChI is InChI=1S/C21H21F2N2O5P/c1-28-31(27,29-2)13-14-3-7-17(8-4-14)25-20(26)10-6-16-12-24-30-21(16)15-5-9-18(22)19(23)11-15/h3-5,7-9,11-12H,6,10,13H2,1-2H3,(H,25,26). The van der Waals surface area contributed by atoms with Gasteiger partial charge >= 0.3 is 7.60 Å². The number of hydrogen-bond donors (Lipinski definition) is 1. The first-order valence-electron chi connectivity index (χ1n) is 9.32. The van der Waals surface area contributed by atoms with E-state index in [0.29, 0.717) is 23.2 Å². The molecule has 0 unspecified atom stereocenters. The van der Waals surface area contributed by atoms with Crippen LogP contribution in [0, 0.1) is 11.6 Å². The molecule has 10 heteroatoms. The average molecular weight is 450 g/mol. The molecule has 1 heterocycles. The first kappa shape index (κ1) is 22.8. The molecule has 0 atom stereocenters. The maximum Gasteiger partial charge on any atom is 0.334 e. The molecule has 0 fully saturated rings. The summed E-state index contributed by atoms with van der Waals surface area (Å²) in [6.07, 6.45) is 1.99. The van der Waals surface area contributed by atoms with Crippen LogP contribution in [0.1, 0.15) is 17.5 Å². The van der Waals surface area contributed by atoms with Gasteiger partial charge in [0.05, 0.1) is 12.4 Å². The predicted octanol–water partition coefficient (Wildman–Crippen LogP) is 5.18. The lowest BCUT2D eigenvalue weighted by atomic mass is 10.0. The Hall–Kier alpha value is -2.87. The zero-order valence-electron chi connectivity index (χ0n) is 16.9. The summed E-state index contributed by atoms with van der Waals surface area (Å²) in [5, 5.41) is 6.47. The van der Waals surface area contributed by atoms with Crippen LogP contribution in [0.4, 0.5) is 14.5 Å². The molecule has 2 aromatic carbocycles. The van der Waals surface area contributed by atoms with Crippen LogP contribution in [0.25, 0.3) is 11.3 Å². The van der Waals surface area contributed by atoms with Crippen LogP contribution >= 0.6 is 7.60 Å². The van der Waals surface area contributed by atoms with Crippen LogP contribution in [0.2, 0.25) is 0 Å². The summed E-state index contributed by atoms with van der Waals surface area (Å²) in [4.78, 5) is 12.3. The molecule has 1 N–H and O–H groups in total. The van der Waals surface area contributed by atoms with Crippen molar-refractivity contribution in [3.63, 3.8) is 0 Å². The highest BCUT2D eigenvalue weighted by molar-refractivity contribution is 7.52. The number of nitrogens with one attached hydrogen (secondary N) is 1. The third kappa shape index (κ3) is 5.85. The summed E-state index contributed by atoms with van der Waals surface area (Å²) < 4.78 is 53.8. The van der Waals surface area contributed by atoms with E-state index in [9.17, 15) is 18.1 Å². The van der Waals surface area contributed by atoms with Crippen LogP contribution in [0.3, 0.4) is 0 Å². The average Bonchev–Trinajstić information content (AvgIpc) is 3.24. The SMILES string of the molecule is COP(=O)(Cc1ccc(NC(=O)CCc2cnoc2-c2ccc(F)c(F)c2)cc1)OC. The second-order valence-electron chi connectivity index (χ2n) is 6.69. The molecule has 0 radical (unpaired) electrons. The van der Waals surface area contributed by atoms with Crippen molar-refractivity contribution in [3.05, 3.63) is 71.4 Å². The number of aryl methyl sites for hydroxylation is 1. The van der Waals surface area contributed by atoms with E-state index in [0.717, 1.165) is 17.7 Å². The topological polar surface area (TPSA) is 90.7 Å². The van der Waals surface area contributed by atoms with E-state index in [1.54, 1.807) is 24.3 Å². The number of anilines is 1. The van der Waals surface area contributed by atoms with Crippen molar-refractivity contribution in [2.24, 2.45) is 0 Å². The van der Waals surface area contributed by atoms with Gasteiger partial charge in [-0.1, -0.05) is 17.3 Å². The summed E-state index contributed by atoms with van der Waals surface area (Å²) in [5.41, 5.74) is 2.26. The number of rotatable bonds is 9. The van der Waals surface area contributed by atoms with Gasteiger partial charge in [0.15, 0.2) is 17.4 Å². The second-order valence-corrected chi connectivity index (χ2v) is 8.96. The maximum absolute atomic E-state index is 13.5. The van der Waals surface area contributed by atoms with Crippen LogP contribution in [0.5, 0.6) is 0 Å². The monoisotopic (exact) mass is 450 g/mol. The Labute approximate surface area is 177 Å². The fourth-order valence-electron chi connectivity index (χ4n) is 2.91. The van der Waals surface area contributed by atoms with E-state index in [1.165, 1.54) is 26.5 Å². The zero-order valence-corrected chi connectivity index (χ0v) is 17.8. The van der Waals surface area contributed by atoms with Crippen molar-refractivity contribution in [1.82, 2.24) is 5.16 Å². The number of nitrogens with zero attached hydrogens (tertiary/aromatic N) is 1. The molecule has 1 amide bonds. The van der Waals surface area contributed by atoms with E-state index >= 15 is 0 Å². The Morgan fingerprint density at radius 3 is 2.45 bits per heavy atom. The van der Waals surface area contributed by atoms with Gasteiger partial charge in [-0.3, -0.25) is 9.36 Å². The second kappa shape index (κ2) is 9.96. The number of halogens is 2. The molecule has 0 saturated carbocycles. The molecule has 0 saturated heterocycles. The Balaban J connectivity index is 1.58. The third-order valence-corrected chi connectivity index (χ3v) is 6.48. The Morgan fingerprint density at radius 2 is 1.81 bits per heavy atom. The van der Waals surface area contributed by atoms with E-state index < -0.39 is 19.2 Å². The summed E-state index contributed by atoms with van der Waals surface area (Å²) in [7, 11) is -0.515. The Kier molecular flexibility index (Phi) is 7.33. The van der Waals surface area contributed by atoms with Crippen LogP contribution < -0.4 is 5.32 Å². The van der Waals surface area contributed by atoms with Gasteiger partial charge in [0.25, 0.3) is 0 Å². The number of aromatic nitrogens is 1. The van der Waals surface area contributed by atoms with Crippen molar-refractivity contribution in [1.29, 1.82) is 0 Å². The minimum absolute atomic E-state index is 0.120. The molecule has 3 aromatic rings. The van der Waals surface area contributed by atoms with Crippen molar-refractivity contribution in [2.75, 3.05) is 19.5 Å². The van der Waals surface area contributed by atoms with E-state index in [-0.39, 0.29) is 24.3 Å². The molecule has 0 aliphatic heterocycles. The first-order chi connectivity index (χ1) is 14.8. The molecule has 0 spiro atoms. The molecule has 31 heavy (non-hydrogen) atoms. The molecule has 3 rings (SSSR count). The summed E-state index contributed by atoms with van der Waals surface area (Å²) in [6.45, 7) is 0. The summed E-state index contributed by atoms with van der Waals surface area (Å²) in [6, 6.07) is 10.2. The fourth-order valence-corrected chi connectivity index (χ4v) is 3.97. The fraction of sp³-hybridized carbons (Fsp3) is 0.238. The Bertz CT molecular complexity index is 1090. The highest BCUT2D eigenvalue weighted by Gasteiger charge is 2.21. The van der Waals surface area contributed by atoms with Gasteiger partial charge in [-0.25, -0.2) is 8.78 Å². The van der Waals surface area contributed by atoms with Gasteiger partial charge in [-0.05, 0) is 42.3 Å². The van der Waals surface area contributed by atoms with Gasteiger partial charge in [0.2, 0.25) is 5.91 Å². The molecule has 0 aliphatic carbocycles. The lowest BCUT2D eigenvalue weighted by Crippen LogP contribution is -2.12. The number of benzene rings is 2. The van der Waals surface area contributed by atoms with Crippen LogP contribution in [-0.2, 0) is 31.0 Å². The number of hydrogen-bond acceptors (Lipinski definition) is 6. The third-order valence-electron chi connectivity index (χ3n) is 4.62. The molecule has 1 aromatic heterocycles. The predicted molar refractivity (Wildman–Crippen MR) is 111 cm³/mol. The zero-order chi connectivity index (χ0) is 22.4. The van der Waals surface area contributed by atoms with Gasteiger partial charge in [0, 0.05) is 37.5 Å². The normalized spacial score (nSPS) is 11.5. The van der Waals surface area contributed by atoms with Gasteiger partial charge in [0.1, 0.15) is 0 Å². The molecule has 0 bridgehead atoms. The maximum atomic E-state index is 13.5. The smallest absolute Gasteiger partial charge is 0.334 e. The van der Waals surface area contributed by atoms with E-state index in [1.807, 2.05) is 0 Å². The molecule has 164 valence electrons. The Morgan fingerprint density at radius 1 is 1.10 bits per heavy atom. The van der Waals surface area contributed by atoms with Crippen molar-refractivity contribution < 1.29 is 31.7 Å². The highest BCUT2D eigenvalue weighted by Crippen LogP contribution is 2.49. The van der Waals surface area contributed by atoms with Crippen molar-refractivity contribution >= 4 is 19.2 Å². The number of amides is 1. The minimum atomic E-state index is -3.17. The molecular formula is C21H21F2N2O5P. The molecule has 0 aliphatic rings. The number of carbonyl (C=O) groups excluding carboxylic acids is 1. The minimum Gasteiger partial charge on any atom is -0.356 e. The van der Waals surface area contributed by atoms with E-state index in [2.05, 4.69) is 10.5 Å². The highest BCUT2D eigenvalue weighted by atomic mass is 31.2. The lowest BCUT2D eigenvalue weighted by molar-refractivity contribution is -0.116. The van der Waals surface area contributed by atoms with Gasteiger partial charge in [-0.2, -0.15) is 0 Å². The number of carbonyl (C=O) groups is 1. The lowest BCUT2D eigenvalue weighted by Gasteiger charge is -2.13. The van der Waals surface area contributed by atoms with Crippen LogP contribution in [-0.4, -0.2) is 25.3 Å². The van der Waals surface area contributed by atoms with Gasteiger partial charge in [-0.15, -0.1) is 0 Å². The quantitative estimate of drug-likeness (QED) is 0.452. The molecular weight excluding hydrogens is 429 g/mol. The first-order valence-corrected chi connectivity index (χ1v) is 11.0. The van der Waals surface area contributed by atoms with Crippen LogP contribution in [0.15, 0.2) is 53.2 Å². The van der Waals surface area contributed by atoms with Crippen molar-refractivity contribution in [2.45, 2.75) is 19.0 Å². The summed E-state index contributed by atoms with van der Waals surface area (Å²) >= 11 is 0. The largest absolute Gasteiger partial charge is 0.356 e. The van der Waals surface area contributed by atoms with E-state index in [4.69, 9.17) is 13.6 Å². The van der Waals surface area contributed by atoms with Gasteiger partial charge < -0.3 is 18.9 Å². The molecule has 7 nitrogen and oxygen atoms in total. The summed E-state index contributed by atoms with van der Waals surface area (Å²) in [5.74, 6) is -1.91. The van der Waals surface area contributed by atoms with Crippen molar-refractivity contribution in [3.8, 4) is 11.3 Å².